The number of likely N-dealkylation sites (tertiary alicyclic amines) is 1. The van der Waals surface area contributed by atoms with Gasteiger partial charge >= 0.3 is 0 Å². The number of amides is 1. The van der Waals surface area contributed by atoms with Gasteiger partial charge in [0.25, 0.3) is 0 Å². The third-order valence-electron chi connectivity index (χ3n) is 7.14. The topological polar surface area (TPSA) is 108 Å². The Balaban J connectivity index is 1.35. The van der Waals surface area contributed by atoms with Gasteiger partial charge in [-0.25, -0.2) is 14.6 Å². The van der Waals surface area contributed by atoms with E-state index >= 15 is 0 Å². The number of ether oxygens (including phenoxy) is 2. The molecule has 1 aliphatic carbocycles. The summed E-state index contributed by atoms with van der Waals surface area (Å²) in [5.74, 6) is 2.88. The molecule has 4 aromatic rings. The SMILES string of the molecule is C=CC(=O)N1CC2CC1C(n1nc(-c3ccc(Oc4cccc(OC)c4)cc3)c3c(N)ncnc31)C2. The second kappa shape index (κ2) is 8.67. The number of rotatable bonds is 6. The summed E-state index contributed by atoms with van der Waals surface area (Å²) >= 11 is 0. The maximum atomic E-state index is 12.4. The summed E-state index contributed by atoms with van der Waals surface area (Å²) in [4.78, 5) is 23.1. The second-order valence-electron chi connectivity index (χ2n) is 9.22. The highest BCUT2D eigenvalue weighted by Crippen LogP contribution is 2.46. The monoisotopic (exact) mass is 482 g/mol. The van der Waals surface area contributed by atoms with Crippen molar-refractivity contribution in [2.45, 2.75) is 24.9 Å². The van der Waals surface area contributed by atoms with E-state index < -0.39 is 0 Å². The number of nitrogens with two attached hydrogens (primary N) is 1. The predicted molar refractivity (Wildman–Crippen MR) is 136 cm³/mol. The standard InChI is InChI=1S/C27H26N6O3/c1-3-23(34)32-14-16-11-21(32)22(12-16)33-27-24(26(28)29-15-30-27)25(31-33)17-7-9-18(10-8-17)36-20-6-4-5-19(13-20)35-2/h3-10,13,15-16,21-22H,1,11-12,14H2,2H3,(H2,28,29,30). The molecule has 0 spiro atoms. The Hall–Kier alpha value is -4.40. The van der Waals surface area contributed by atoms with Gasteiger partial charge in [-0.15, -0.1) is 0 Å². The van der Waals surface area contributed by atoms with Gasteiger partial charge in [-0.2, -0.15) is 5.10 Å². The third-order valence-corrected chi connectivity index (χ3v) is 7.14. The summed E-state index contributed by atoms with van der Waals surface area (Å²) in [6.07, 6.45) is 4.75. The first kappa shape index (κ1) is 22.1. The molecule has 2 aromatic carbocycles. The smallest absolute Gasteiger partial charge is 0.246 e. The maximum absolute atomic E-state index is 12.4. The number of hydrogen-bond acceptors (Lipinski definition) is 7. The number of nitrogen functional groups attached to an aromatic ring is 1. The van der Waals surface area contributed by atoms with Crippen LogP contribution in [0.1, 0.15) is 18.9 Å². The van der Waals surface area contributed by atoms with Crippen LogP contribution >= 0.6 is 0 Å². The van der Waals surface area contributed by atoms with Gasteiger partial charge in [-0.05, 0) is 61.2 Å². The molecule has 3 heterocycles. The van der Waals surface area contributed by atoms with Crippen LogP contribution in [0.15, 0.2) is 67.5 Å². The van der Waals surface area contributed by atoms with Crippen LogP contribution in [0.3, 0.4) is 0 Å². The molecule has 3 atom stereocenters. The van der Waals surface area contributed by atoms with Crippen LogP contribution in [-0.2, 0) is 4.79 Å². The van der Waals surface area contributed by atoms with Crippen molar-refractivity contribution in [1.29, 1.82) is 0 Å². The van der Waals surface area contributed by atoms with Crippen molar-refractivity contribution in [3.63, 3.8) is 0 Å². The molecule has 2 fully saturated rings. The lowest BCUT2D eigenvalue weighted by atomic mass is 10.1. The molecule has 3 unspecified atom stereocenters. The highest BCUT2D eigenvalue weighted by Gasteiger charge is 2.48. The molecule has 1 saturated heterocycles. The summed E-state index contributed by atoms with van der Waals surface area (Å²) in [5, 5.41) is 5.70. The Morgan fingerprint density at radius 2 is 1.86 bits per heavy atom. The number of anilines is 1. The minimum Gasteiger partial charge on any atom is -0.497 e. The van der Waals surface area contributed by atoms with Crippen LogP contribution in [0.2, 0.25) is 0 Å². The van der Waals surface area contributed by atoms with Gasteiger partial charge in [0.15, 0.2) is 5.65 Å². The van der Waals surface area contributed by atoms with Crippen LogP contribution in [0.4, 0.5) is 5.82 Å². The number of carbonyl (C=O) groups is 1. The average molecular weight is 483 g/mol. The molecular formula is C27H26N6O3. The van der Waals surface area contributed by atoms with Crippen molar-refractivity contribution in [3.05, 3.63) is 67.5 Å². The molecule has 6 rings (SSSR count). The van der Waals surface area contributed by atoms with E-state index in [0.717, 1.165) is 30.7 Å². The second-order valence-corrected chi connectivity index (χ2v) is 9.22. The molecule has 9 nitrogen and oxygen atoms in total. The number of carbonyl (C=O) groups excluding carboxylic acids is 1. The van der Waals surface area contributed by atoms with Crippen LogP contribution in [0.25, 0.3) is 22.3 Å². The van der Waals surface area contributed by atoms with Crippen molar-refractivity contribution in [2.75, 3.05) is 19.4 Å². The minimum absolute atomic E-state index is 0.0221. The first-order chi connectivity index (χ1) is 17.6. The number of piperidine rings is 1. The van der Waals surface area contributed by atoms with Crippen molar-refractivity contribution < 1.29 is 14.3 Å². The van der Waals surface area contributed by atoms with Crippen LogP contribution in [-0.4, -0.2) is 50.3 Å². The van der Waals surface area contributed by atoms with Gasteiger partial charge < -0.3 is 20.1 Å². The van der Waals surface area contributed by atoms with Crippen molar-refractivity contribution in [1.82, 2.24) is 24.6 Å². The van der Waals surface area contributed by atoms with Crippen molar-refractivity contribution in [2.24, 2.45) is 5.92 Å². The Morgan fingerprint density at radius 3 is 2.61 bits per heavy atom. The molecule has 36 heavy (non-hydrogen) atoms. The quantitative estimate of drug-likeness (QED) is 0.410. The van der Waals surface area contributed by atoms with E-state index in [1.165, 1.54) is 12.4 Å². The molecule has 2 bridgehead atoms. The molecule has 1 aliphatic heterocycles. The molecule has 9 heteroatoms. The van der Waals surface area contributed by atoms with Crippen molar-refractivity contribution >= 4 is 22.8 Å². The number of nitrogens with zero attached hydrogens (tertiary/aromatic N) is 5. The third kappa shape index (κ3) is 3.64. The maximum Gasteiger partial charge on any atom is 0.246 e. The summed E-state index contributed by atoms with van der Waals surface area (Å²) < 4.78 is 13.2. The number of hydrogen-bond donors (Lipinski definition) is 1. The van der Waals surface area contributed by atoms with Gasteiger partial charge in [0.1, 0.15) is 35.1 Å². The molecule has 182 valence electrons. The van der Waals surface area contributed by atoms with Gasteiger partial charge in [-0.3, -0.25) is 4.79 Å². The minimum atomic E-state index is -0.0374. The fourth-order valence-electron chi connectivity index (χ4n) is 5.53. The van der Waals surface area contributed by atoms with Crippen molar-refractivity contribution in [3.8, 4) is 28.5 Å². The number of benzene rings is 2. The lowest BCUT2D eigenvalue weighted by Crippen LogP contribution is -2.42. The summed E-state index contributed by atoms with van der Waals surface area (Å²) in [5.41, 5.74) is 8.58. The molecule has 1 amide bonds. The van der Waals surface area contributed by atoms with E-state index in [2.05, 4.69) is 16.5 Å². The number of aromatic nitrogens is 4. The zero-order valence-electron chi connectivity index (χ0n) is 19.9. The Labute approximate surface area is 208 Å². The zero-order valence-corrected chi connectivity index (χ0v) is 19.9. The molecule has 2 aliphatic rings. The molecule has 1 saturated carbocycles. The van der Waals surface area contributed by atoms with Crippen LogP contribution in [0, 0.1) is 5.92 Å². The van der Waals surface area contributed by atoms with Gasteiger partial charge in [0, 0.05) is 18.2 Å². The fourth-order valence-corrected chi connectivity index (χ4v) is 5.53. The Morgan fingerprint density at radius 1 is 1.08 bits per heavy atom. The fraction of sp³-hybridized carbons (Fsp3) is 0.259. The summed E-state index contributed by atoms with van der Waals surface area (Å²) in [7, 11) is 1.62. The van der Waals surface area contributed by atoms with Crippen LogP contribution < -0.4 is 15.2 Å². The average Bonchev–Trinajstić information content (AvgIpc) is 3.62. The van der Waals surface area contributed by atoms with Gasteiger partial charge in [0.2, 0.25) is 5.91 Å². The molecule has 2 N–H and O–H groups in total. The highest BCUT2D eigenvalue weighted by molar-refractivity contribution is 5.98. The Bertz CT molecular complexity index is 1460. The lowest BCUT2D eigenvalue weighted by Gasteiger charge is -2.32. The van der Waals surface area contributed by atoms with E-state index in [1.54, 1.807) is 7.11 Å². The normalized spacial score (nSPS) is 20.6. The van der Waals surface area contributed by atoms with Gasteiger partial charge in [-0.1, -0.05) is 12.6 Å². The number of methoxy groups -OCH3 is 1. The highest BCUT2D eigenvalue weighted by atomic mass is 16.5. The molecule has 0 radical (unpaired) electrons. The molecular weight excluding hydrogens is 456 g/mol. The van der Waals surface area contributed by atoms with E-state index in [-0.39, 0.29) is 18.0 Å². The number of fused-ring (bicyclic) bond motifs is 3. The summed E-state index contributed by atoms with van der Waals surface area (Å²) in [6.45, 7) is 4.43. The molecule has 2 aromatic heterocycles. The van der Waals surface area contributed by atoms with E-state index in [1.807, 2.05) is 58.1 Å². The van der Waals surface area contributed by atoms with Gasteiger partial charge in [0.05, 0.1) is 24.6 Å². The van der Waals surface area contributed by atoms with E-state index in [4.69, 9.17) is 20.3 Å². The lowest BCUT2D eigenvalue weighted by molar-refractivity contribution is -0.128. The first-order valence-corrected chi connectivity index (χ1v) is 11.9. The summed E-state index contributed by atoms with van der Waals surface area (Å²) in [6, 6.07) is 15.2. The first-order valence-electron chi connectivity index (χ1n) is 11.9. The largest absolute Gasteiger partial charge is 0.497 e. The van der Waals surface area contributed by atoms with E-state index in [0.29, 0.717) is 40.0 Å². The Kier molecular flexibility index (Phi) is 5.32. The zero-order chi connectivity index (χ0) is 24.8. The predicted octanol–water partition coefficient (Wildman–Crippen LogP) is 4.22. The van der Waals surface area contributed by atoms with Crippen LogP contribution in [0.5, 0.6) is 17.2 Å². The van der Waals surface area contributed by atoms with E-state index in [9.17, 15) is 4.79 Å².